The number of aryl methyl sites for hydroxylation is 1. The molecule has 168 valence electrons. The van der Waals surface area contributed by atoms with E-state index in [0.717, 1.165) is 30.7 Å². The number of benzene rings is 1. The average Bonchev–Trinajstić information content (AvgIpc) is 2.97. The molecule has 1 saturated carbocycles. The van der Waals surface area contributed by atoms with Crippen molar-refractivity contribution < 1.29 is 18.0 Å². The maximum atomic E-state index is 15.0. The summed E-state index contributed by atoms with van der Waals surface area (Å²) in [5, 5.41) is 7.76. The summed E-state index contributed by atoms with van der Waals surface area (Å²) in [5.41, 5.74) is 9.16. The molecular weight excluding hydrogens is 405 g/mol. The number of carbonyl (C=O) groups excluding carboxylic acids is 1. The van der Waals surface area contributed by atoms with Gasteiger partial charge in [0.15, 0.2) is 0 Å². The lowest BCUT2D eigenvalue weighted by atomic mass is 9.76. The van der Waals surface area contributed by atoms with E-state index in [2.05, 4.69) is 24.3 Å². The van der Waals surface area contributed by atoms with Crippen LogP contribution in [0.25, 0.3) is 5.69 Å². The second-order valence-corrected chi connectivity index (χ2v) is 9.75. The van der Waals surface area contributed by atoms with Gasteiger partial charge in [0.2, 0.25) is 5.92 Å². The Balaban J connectivity index is 1.73. The summed E-state index contributed by atoms with van der Waals surface area (Å²) in [4.78, 5) is 12.0. The first-order valence-electron chi connectivity index (χ1n) is 10.8. The molecule has 0 unspecified atom stereocenters. The molecule has 3 N–H and O–H groups in total. The lowest BCUT2D eigenvalue weighted by Crippen LogP contribution is -2.33. The molecule has 1 aromatic heterocycles. The zero-order valence-corrected chi connectivity index (χ0v) is 18.2. The van der Waals surface area contributed by atoms with E-state index in [1.165, 1.54) is 11.6 Å². The van der Waals surface area contributed by atoms with Gasteiger partial charge in [0.1, 0.15) is 5.82 Å². The van der Waals surface area contributed by atoms with Crippen LogP contribution in [0.4, 0.5) is 18.9 Å². The largest absolute Gasteiger partial charge is 0.382 e. The van der Waals surface area contributed by atoms with Gasteiger partial charge in [-0.15, -0.1) is 0 Å². The molecule has 0 spiro atoms. The number of rotatable bonds is 4. The quantitative estimate of drug-likeness (QED) is 0.717. The van der Waals surface area contributed by atoms with E-state index in [9.17, 15) is 13.6 Å². The highest BCUT2D eigenvalue weighted by Crippen LogP contribution is 2.38. The van der Waals surface area contributed by atoms with Gasteiger partial charge >= 0.3 is 0 Å². The van der Waals surface area contributed by atoms with Crippen molar-refractivity contribution in [2.24, 2.45) is 11.1 Å². The van der Waals surface area contributed by atoms with Gasteiger partial charge < -0.3 is 11.1 Å². The standard InChI is InChI=1S/C23H29F3N4O/c1-13-16-6-7-22(2,3)12-19(16)30(29-13)15-10-17(24)20(21(27)31)18(11-15)28-14-4-8-23(25,26)9-5-14/h10-11,14,28H,4-9,12H2,1-3H3,(H2,27,31). The highest BCUT2D eigenvalue weighted by molar-refractivity contribution is 5.99. The van der Waals surface area contributed by atoms with E-state index in [1.807, 2.05) is 6.92 Å². The number of fused-ring (bicyclic) bond motifs is 1. The Bertz CT molecular complexity index is 1020. The van der Waals surface area contributed by atoms with Crippen molar-refractivity contribution >= 4 is 11.6 Å². The number of amides is 1. The van der Waals surface area contributed by atoms with E-state index < -0.39 is 17.6 Å². The van der Waals surface area contributed by atoms with Gasteiger partial charge in [0.05, 0.1) is 22.6 Å². The summed E-state index contributed by atoms with van der Waals surface area (Å²) < 4.78 is 43.8. The molecule has 1 heterocycles. The molecule has 1 amide bonds. The van der Waals surface area contributed by atoms with E-state index in [-0.39, 0.29) is 48.4 Å². The lowest BCUT2D eigenvalue weighted by molar-refractivity contribution is -0.0361. The van der Waals surface area contributed by atoms with Crippen LogP contribution >= 0.6 is 0 Å². The van der Waals surface area contributed by atoms with Gasteiger partial charge in [-0.2, -0.15) is 5.10 Å². The van der Waals surface area contributed by atoms with Gasteiger partial charge in [-0.3, -0.25) is 4.79 Å². The Labute approximate surface area is 180 Å². The van der Waals surface area contributed by atoms with Crippen LogP contribution in [0.3, 0.4) is 0 Å². The highest BCUT2D eigenvalue weighted by atomic mass is 19.3. The highest BCUT2D eigenvalue weighted by Gasteiger charge is 2.35. The number of primary amides is 1. The molecule has 0 radical (unpaired) electrons. The van der Waals surface area contributed by atoms with Crippen LogP contribution in [-0.2, 0) is 12.8 Å². The molecule has 0 saturated heterocycles. The fraction of sp³-hybridized carbons (Fsp3) is 0.565. The fourth-order valence-corrected chi connectivity index (χ4v) is 4.82. The molecule has 0 aliphatic heterocycles. The third-order valence-electron chi connectivity index (χ3n) is 6.63. The van der Waals surface area contributed by atoms with Crippen LogP contribution < -0.4 is 11.1 Å². The molecule has 0 bridgehead atoms. The lowest BCUT2D eigenvalue weighted by Gasteiger charge is -2.31. The number of carbonyl (C=O) groups is 1. The average molecular weight is 435 g/mol. The van der Waals surface area contributed by atoms with E-state index in [4.69, 9.17) is 5.73 Å². The Morgan fingerprint density at radius 3 is 2.55 bits per heavy atom. The minimum atomic E-state index is -2.67. The van der Waals surface area contributed by atoms with Gasteiger partial charge in [-0.1, -0.05) is 13.8 Å². The Morgan fingerprint density at radius 1 is 1.23 bits per heavy atom. The predicted molar refractivity (Wildman–Crippen MR) is 113 cm³/mol. The van der Waals surface area contributed by atoms with Crippen molar-refractivity contribution in [1.82, 2.24) is 9.78 Å². The second kappa shape index (κ2) is 7.57. The number of nitrogens with one attached hydrogen (secondary N) is 1. The van der Waals surface area contributed by atoms with Crippen molar-refractivity contribution in [2.75, 3.05) is 5.32 Å². The van der Waals surface area contributed by atoms with E-state index in [1.54, 1.807) is 10.7 Å². The number of nitrogens with two attached hydrogens (primary N) is 1. The summed E-state index contributed by atoms with van der Waals surface area (Å²) in [6.45, 7) is 6.35. The topological polar surface area (TPSA) is 72.9 Å². The smallest absolute Gasteiger partial charge is 0.253 e. The van der Waals surface area contributed by atoms with Crippen molar-refractivity contribution in [3.05, 3.63) is 40.5 Å². The van der Waals surface area contributed by atoms with Crippen molar-refractivity contribution in [2.45, 2.75) is 77.7 Å². The normalized spacial score (nSPS) is 20.3. The summed E-state index contributed by atoms with van der Waals surface area (Å²) in [7, 11) is 0. The van der Waals surface area contributed by atoms with Gasteiger partial charge in [-0.05, 0) is 56.1 Å². The van der Waals surface area contributed by atoms with Gasteiger partial charge in [0, 0.05) is 30.6 Å². The minimum Gasteiger partial charge on any atom is -0.382 e. The molecular formula is C23H29F3N4O. The first-order valence-corrected chi connectivity index (χ1v) is 10.8. The van der Waals surface area contributed by atoms with Crippen LogP contribution in [0.1, 0.15) is 73.3 Å². The SMILES string of the molecule is Cc1nn(-c2cc(F)c(C(N)=O)c(NC3CCC(F)(F)CC3)c2)c2c1CCC(C)(C)C2. The van der Waals surface area contributed by atoms with Crippen LogP contribution in [0.2, 0.25) is 0 Å². The molecule has 2 aliphatic carbocycles. The number of hydrogen-bond acceptors (Lipinski definition) is 3. The van der Waals surface area contributed by atoms with Crippen molar-refractivity contribution in [1.29, 1.82) is 0 Å². The van der Waals surface area contributed by atoms with Crippen LogP contribution in [0.5, 0.6) is 0 Å². The molecule has 4 rings (SSSR count). The zero-order chi connectivity index (χ0) is 22.6. The molecule has 5 nitrogen and oxygen atoms in total. The number of hydrogen-bond donors (Lipinski definition) is 2. The Morgan fingerprint density at radius 2 is 1.90 bits per heavy atom. The minimum absolute atomic E-state index is 0.108. The third kappa shape index (κ3) is 4.29. The van der Waals surface area contributed by atoms with Gasteiger partial charge in [0.25, 0.3) is 5.91 Å². The summed E-state index contributed by atoms with van der Waals surface area (Å²) in [5.74, 6) is -4.31. The Hall–Kier alpha value is -2.51. The third-order valence-corrected chi connectivity index (χ3v) is 6.63. The second-order valence-electron chi connectivity index (χ2n) is 9.75. The first kappa shape index (κ1) is 21.7. The molecule has 1 fully saturated rings. The van der Waals surface area contributed by atoms with E-state index >= 15 is 4.39 Å². The predicted octanol–water partition coefficient (Wildman–Crippen LogP) is 4.92. The van der Waals surface area contributed by atoms with Crippen LogP contribution in [0, 0.1) is 18.2 Å². The maximum Gasteiger partial charge on any atom is 0.253 e. The summed E-state index contributed by atoms with van der Waals surface area (Å²) in [6.07, 6.45) is 2.78. The Kier molecular flexibility index (Phi) is 5.30. The molecule has 8 heteroatoms. The number of halogens is 3. The molecule has 2 aliphatic rings. The maximum absolute atomic E-state index is 15.0. The molecule has 2 aromatic rings. The number of nitrogens with zero attached hydrogens (tertiary/aromatic N) is 2. The summed E-state index contributed by atoms with van der Waals surface area (Å²) >= 11 is 0. The molecule has 31 heavy (non-hydrogen) atoms. The number of alkyl halides is 2. The van der Waals surface area contributed by atoms with Gasteiger partial charge in [-0.25, -0.2) is 17.9 Å². The van der Waals surface area contributed by atoms with Crippen LogP contribution in [0.15, 0.2) is 12.1 Å². The van der Waals surface area contributed by atoms with Crippen LogP contribution in [-0.4, -0.2) is 27.7 Å². The number of aromatic nitrogens is 2. The zero-order valence-electron chi connectivity index (χ0n) is 18.2. The van der Waals surface area contributed by atoms with Crippen molar-refractivity contribution in [3.63, 3.8) is 0 Å². The number of anilines is 1. The molecule has 0 atom stereocenters. The monoisotopic (exact) mass is 434 g/mol. The van der Waals surface area contributed by atoms with Crippen molar-refractivity contribution in [3.8, 4) is 5.69 Å². The first-order chi connectivity index (χ1) is 14.5. The van der Waals surface area contributed by atoms with E-state index in [0.29, 0.717) is 5.69 Å². The molecule has 1 aromatic carbocycles. The fourth-order valence-electron chi connectivity index (χ4n) is 4.82. The summed E-state index contributed by atoms with van der Waals surface area (Å²) in [6, 6.07) is 2.65.